The molecule has 1 N–H and O–H groups in total. The summed E-state index contributed by atoms with van der Waals surface area (Å²) in [7, 11) is -3.85. The molecule has 3 nitrogen and oxygen atoms in total. The van der Waals surface area contributed by atoms with Crippen LogP contribution >= 0.6 is 0 Å². The third-order valence-corrected chi connectivity index (χ3v) is 62.2. The van der Waals surface area contributed by atoms with Gasteiger partial charge < -0.3 is 0 Å². The quantitative estimate of drug-likeness (QED) is 0.235. The second kappa shape index (κ2) is 1.63. The average Bonchev–Trinajstić information content (AvgIpc) is 3.52. The van der Waals surface area contributed by atoms with Crippen molar-refractivity contribution in [2.75, 3.05) is 0 Å². The summed E-state index contributed by atoms with van der Waals surface area (Å²) in [6, 6.07) is 0. The zero-order valence-electron chi connectivity index (χ0n) is 15.7. The van der Waals surface area contributed by atoms with Crippen molar-refractivity contribution in [3.63, 3.8) is 0 Å². The first-order valence-electron chi connectivity index (χ1n) is 11.4. The number of rotatable bonds is 11. The molecular formula is C21H32FeO3S. The van der Waals surface area contributed by atoms with E-state index in [1.54, 1.807) is 0 Å². The monoisotopic (exact) mass is 420 g/mol. The topological polar surface area (TPSA) is 54.4 Å². The normalized spacial score (nSPS) is 84.0. The van der Waals surface area contributed by atoms with E-state index in [0.29, 0.717) is 4.31 Å². The third-order valence-electron chi connectivity index (χ3n) is 18.0. The third kappa shape index (κ3) is 0.242. The van der Waals surface area contributed by atoms with Crippen molar-refractivity contribution in [2.24, 2.45) is 0 Å². The first-order chi connectivity index (χ1) is 12.2. The zero-order chi connectivity index (χ0) is 17.5. The summed E-state index contributed by atoms with van der Waals surface area (Å²) in [5.74, 6) is 0. The molecule has 0 amide bonds. The van der Waals surface area contributed by atoms with Crippen LogP contribution in [-0.2, 0) is 16.6 Å². The molecule has 0 aromatic rings. The van der Waals surface area contributed by atoms with Gasteiger partial charge in [-0.3, -0.25) is 0 Å². The Morgan fingerprint density at radius 1 is 0.808 bits per heavy atom. The Morgan fingerprint density at radius 2 is 1.27 bits per heavy atom. The van der Waals surface area contributed by atoms with E-state index in [9.17, 15) is 13.0 Å². The fourth-order valence-electron chi connectivity index (χ4n) is 19.3. The molecule has 10 aliphatic rings. The van der Waals surface area contributed by atoms with E-state index in [1.165, 1.54) is 44.9 Å². The molecule has 5 atom stereocenters. The van der Waals surface area contributed by atoms with E-state index in [1.807, 2.05) is 0 Å². The Balaban J connectivity index is 0.954. The first kappa shape index (κ1) is 13.6. The van der Waals surface area contributed by atoms with Crippen molar-refractivity contribution in [2.45, 2.75) is 118 Å². The maximum absolute atomic E-state index is 12.6. The predicted molar refractivity (Wildman–Crippen MR) is 99.0 cm³/mol. The van der Waals surface area contributed by atoms with Crippen LogP contribution < -0.4 is 0 Å². The van der Waals surface area contributed by atoms with Gasteiger partial charge in [-0.1, -0.05) is 0 Å². The predicted octanol–water partition coefficient (Wildman–Crippen LogP) is 6.53. The SMILES string of the molecule is CCCCCCCCCCC([C]12[CH]3[CH]4[CH]5[CH]1[Fe]45321678[CH]2[CH]1[CH]6[CH]7[CH]28)S(=O)(=O)O. The molecule has 1 spiro atoms. The maximum atomic E-state index is 12.6. The molecule has 10 saturated heterocycles. The van der Waals surface area contributed by atoms with Gasteiger partial charge in [0.2, 0.25) is 0 Å². The average molecular weight is 420 g/mol. The summed E-state index contributed by atoms with van der Waals surface area (Å²) in [5.41, 5.74) is 0. The van der Waals surface area contributed by atoms with Crippen molar-refractivity contribution in [1.82, 2.24) is 0 Å². The number of hydrogen-bond donors (Lipinski definition) is 1. The van der Waals surface area contributed by atoms with Gasteiger partial charge in [-0.15, -0.1) is 0 Å². The molecule has 26 heavy (non-hydrogen) atoms. The van der Waals surface area contributed by atoms with Crippen LogP contribution in [-0.4, -0.2) is 18.2 Å². The summed E-state index contributed by atoms with van der Waals surface area (Å²) in [6.45, 7) is -1.18. The van der Waals surface area contributed by atoms with Gasteiger partial charge in [-0.05, 0) is 0 Å². The van der Waals surface area contributed by atoms with Crippen molar-refractivity contribution < 1.29 is 19.5 Å². The Labute approximate surface area is 147 Å². The molecule has 5 unspecified atom stereocenters. The Kier molecular flexibility index (Phi) is 0.855. The Hall–Kier alpha value is 0.429. The summed E-state index contributed by atoms with van der Waals surface area (Å²) in [6.07, 6.45) is 10.9. The van der Waals surface area contributed by atoms with E-state index in [2.05, 4.69) is 6.92 Å². The van der Waals surface area contributed by atoms with Gasteiger partial charge in [0, 0.05) is 0 Å². The summed E-state index contributed by atoms with van der Waals surface area (Å²) in [4.78, 5) is 9.94. The molecule has 0 saturated carbocycles. The van der Waals surface area contributed by atoms with Crippen LogP contribution in [0.2, 0.25) is 47.7 Å². The molecule has 0 aromatic heterocycles. The minimum atomic E-state index is -3.85. The van der Waals surface area contributed by atoms with Gasteiger partial charge in [0.05, 0.1) is 0 Å². The molecular weight excluding hydrogens is 388 g/mol. The van der Waals surface area contributed by atoms with Crippen LogP contribution in [0.5, 0.6) is 0 Å². The van der Waals surface area contributed by atoms with E-state index in [0.717, 1.165) is 56.2 Å². The van der Waals surface area contributed by atoms with E-state index in [4.69, 9.17) is 0 Å². The number of hydrogen-bond acceptors (Lipinski definition) is 2. The Bertz CT molecular complexity index is 1170. The van der Waals surface area contributed by atoms with Crippen LogP contribution in [0.15, 0.2) is 0 Å². The van der Waals surface area contributed by atoms with Gasteiger partial charge in [-0.25, -0.2) is 0 Å². The summed E-state index contributed by atoms with van der Waals surface area (Å²) < 4.78 is 35.8. The van der Waals surface area contributed by atoms with Gasteiger partial charge in [0.15, 0.2) is 0 Å². The number of unbranched alkanes of at least 4 members (excludes halogenated alkanes) is 7. The first-order valence-corrected chi connectivity index (χ1v) is 19.2. The molecule has 5 heteroatoms. The molecule has 0 radical (unpaired) electrons. The fraction of sp³-hybridized carbons (Fsp3) is 1.00. The molecule has 10 aliphatic heterocycles. The zero-order valence-corrected chi connectivity index (χ0v) is 17.6. The molecule has 10 rings (SSSR count). The van der Waals surface area contributed by atoms with Crippen LogP contribution in [0, 0.1) is 0 Å². The summed E-state index contributed by atoms with van der Waals surface area (Å²) >= 11 is 0. The van der Waals surface area contributed by atoms with Crippen molar-refractivity contribution in [1.29, 1.82) is 0 Å². The number of fused-ring (bicyclic) bond motifs is 10. The molecule has 10 heterocycles. The Morgan fingerprint density at radius 3 is 1.62 bits per heavy atom. The van der Waals surface area contributed by atoms with Crippen molar-refractivity contribution in [3.05, 3.63) is 0 Å². The van der Waals surface area contributed by atoms with Crippen LogP contribution in [0.25, 0.3) is 0 Å². The van der Waals surface area contributed by atoms with Crippen molar-refractivity contribution >= 4 is 10.1 Å². The van der Waals surface area contributed by atoms with Gasteiger partial charge in [0.25, 0.3) is 0 Å². The van der Waals surface area contributed by atoms with Crippen LogP contribution in [0.4, 0.5) is 0 Å². The minimum absolute atomic E-state index is 0.299. The molecule has 10 fully saturated rings. The molecule has 0 bridgehead atoms. The summed E-state index contributed by atoms with van der Waals surface area (Å²) in [5, 5.41) is -0.302. The fourth-order valence-corrected chi connectivity index (χ4v) is 98.0. The van der Waals surface area contributed by atoms with Crippen LogP contribution in [0.3, 0.4) is 0 Å². The van der Waals surface area contributed by atoms with Gasteiger partial charge in [-0.2, -0.15) is 0 Å². The van der Waals surface area contributed by atoms with E-state index in [-0.39, 0.29) is 5.25 Å². The molecule has 0 aliphatic carbocycles. The van der Waals surface area contributed by atoms with E-state index >= 15 is 0 Å². The van der Waals surface area contributed by atoms with Gasteiger partial charge >= 0.3 is 147 Å². The molecule has 0 aromatic carbocycles. The van der Waals surface area contributed by atoms with Crippen LogP contribution in [0.1, 0.15) is 64.7 Å². The van der Waals surface area contributed by atoms with Gasteiger partial charge in [0.1, 0.15) is 0 Å². The van der Waals surface area contributed by atoms with Crippen molar-refractivity contribution in [3.8, 4) is 0 Å². The molecule has 148 valence electrons. The second-order valence-electron chi connectivity index (χ2n) is 14.0. The standard InChI is InChI=1S/C16H27O3S.C5H5.Fe/c1-2-3-4-5-6-7-8-9-14-16(20(17,18)19)15-12-10-11-13-15;1-2-4-5-3-1;/h10-13,16H,2-9,14H2,1H3,(H,17,18,19);1-5H;. The van der Waals surface area contributed by atoms with E-state index < -0.39 is 16.6 Å². The second-order valence-corrected chi connectivity index (χ2v) is 39.2.